The molecule has 0 aliphatic heterocycles. The molecule has 3 N–H and O–H groups in total. The zero-order chi connectivity index (χ0) is 20.4. The highest BCUT2D eigenvalue weighted by molar-refractivity contribution is 6.31. The standard InChI is InChI=1S/C20H27ClN2O4/c1-11(2)8-14(18(24)25)17-15(10-22-19(26)27-20(3,4)5)13-9-12(21)6-7-16(13)23-17/h6-7,9,11,14,23H,8,10H2,1-5H3,(H,22,26)(H,24,25)/t14-/m0/s1. The van der Waals surface area contributed by atoms with Crippen LogP contribution in [-0.2, 0) is 16.1 Å². The Hall–Kier alpha value is -2.21. The first-order chi connectivity index (χ1) is 12.5. The lowest BCUT2D eigenvalue weighted by molar-refractivity contribution is -0.139. The fraction of sp³-hybridized carbons (Fsp3) is 0.500. The third kappa shape index (κ3) is 5.63. The topological polar surface area (TPSA) is 91.4 Å². The van der Waals surface area contributed by atoms with E-state index in [4.69, 9.17) is 16.3 Å². The van der Waals surface area contributed by atoms with E-state index in [9.17, 15) is 14.7 Å². The molecule has 1 aromatic carbocycles. The maximum atomic E-state index is 12.1. The summed E-state index contributed by atoms with van der Waals surface area (Å²) in [5, 5.41) is 13.8. The van der Waals surface area contributed by atoms with E-state index >= 15 is 0 Å². The minimum absolute atomic E-state index is 0.145. The molecule has 0 saturated heterocycles. The second-order valence-electron chi connectivity index (χ2n) is 8.08. The van der Waals surface area contributed by atoms with Crippen molar-refractivity contribution in [3.05, 3.63) is 34.5 Å². The molecule has 2 aromatic rings. The van der Waals surface area contributed by atoms with Crippen LogP contribution < -0.4 is 5.32 Å². The normalized spacial score (nSPS) is 13.0. The number of fused-ring (bicyclic) bond motifs is 1. The molecule has 0 unspecified atom stereocenters. The highest BCUT2D eigenvalue weighted by Gasteiger charge is 2.27. The zero-order valence-electron chi connectivity index (χ0n) is 16.4. The van der Waals surface area contributed by atoms with Gasteiger partial charge in [0.2, 0.25) is 0 Å². The van der Waals surface area contributed by atoms with Crippen molar-refractivity contribution < 1.29 is 19.4 Å². The van der Waals surface area contributed by atoms with Crippen LogP contribution in [0.25, 0.3) is 10.9 Å². The van der Waals surface area contributed by atoms with Crippen molar-refractivity contribution >= 4 is 34.6 Å². The number of ether oxygens (including phenoxy) is 1. The van der Waals surface area contributed by atoms with E-state index in [1.807, 2.05) is 19.9 Å². The molecule has 2 rings (SSSR count). The number of H-pyrrole nitrogens is 1. The largest absolute Gasteiger partial charge is 0.481 e. The van der Waals surface area contributed by atoms with E-state index in [1.165, 1.54) is 0 Å². The lowest BCUT2D eigenvalue weighted by Gasteiger charge is -2.20. The summed E-state index contributed by atoms with van der Waals surface area (Å²) in [6.07, 6.45) is -0.0736. The van der Waals surface area contributed by atoms with Gasteiger partial charge in [-0.1, -0.05) is 25.4 Å². The molecule has 0 saturated carbocycles. The Balaban J connectivity index is 2.42. The number of hydrogen-bond acceptors (Lipinski definition) is 3. The van der Waals surface area contributed by atoms with Gasteiger partial charge in [-0.3, -0.25) is 4.79 Å². The monoisotopic (exact) mass is 394 g/mol. The Labute approximate surface area is 164 Å². The third-order valence-electron chi connectivity index (χ3n) is 4.06. The average Bonchev–Trinajstić information content (AvgIpc) is 2.86. The van der Waals surface area contributed by atoms with Crippen LogP contribution in [0.15, 0.2) is 18.2 Å². The lowest BCUT2D eigenvalue weighted by Crippen LogP contribution is -2.32. The van der Waals surface area contributed by atoms with E-state index in [-0.39, 0.29) is 12.5 Å². The van der Waals surface area contributed by atoms with Crippen LogP contribution in [0, 0.1) is 5.92 Å². The molecule has 0 radical (unpaired) electrons. The first-order valence-corrected chi connectivity index (χ1v) is 9.35. The fourth-order valence-corrected chi connectivity index (χ4v) is 3.19. The molecule has 0 aliphatic carbocycles. The molecule has 1 atom stereocenters. The molecule has 1 aromatic heterocycles. The van der Waals surface area contributed by atoms with Crippen molar-refractivity contribution in [2.45, 2.75) is 59.1 Å². The van der Waals surface area contributed by atoms with Crippen LogP contribution in [0.5, 0.6) is 0 Å². The number of halogens is 1. The fourth-order valence-electron chi connectivity index (χ4n) is 3.02. The van der Waals surface area contributed by atoms with Gasteiger partial charge < -0.3 is 20.1 Å². The maximum Gasteiger partial charge on any atom is 0.407 e. The molecule has 7 heteroatoms. The smallest absolute Gasteiger partial charge is 0.407 e. The van der Waals surface area contributed by atoms with E-state index in [0.717, 1.165) is 10.9 Å². The lowest BCUT2D eigenvalue weighted by atomic mass is 9.91. The second kappa shape index (κ2) is 8.21. The molecule has 1 amide bonds. The molecule has 0 fully saturated rings. The molecule has 148 valence electrons. The van der Waals surface area contributed by atoms with Crippen molar-refractivity contribution in [1.82, 2.24) is 10.3 Å². The number of aromatic amines is 1. The minimum atomic E-state index is -0.903. The number of carboxylic acid groups (broad SMARTS) is 1. The summed E-state index contributed by atoms with van der Waals surface area (Å²) in [6.45, 7) is 9.46. The summed E-state index contributed by atoms with van der Waals surface area (Å²) in [5.74, 6) is -1.40. The number of rotatable bonds is 6. The molecule has 1 heterocycles. The summed E-state index contributed by atoms with van der Waals surface area (Å²) in [6, 6.07) is 5.33. The van der Waals surface area contributed by atoms with Crippen LogP contribution in [-0.4, -0.2) is 27.8 Å². The first kappa shape index (κ1) is 21.1. The van der Waals surface area contributed by atoms with E-state index in [2.05, 4.69) is 10.3 Å². The van der Waals surface area contributed by atoms with Gasteiger partial charge in [0.1, 0.15) is 5.60 Å². The Morgan fingerprint density at radius 3 is 2.52 bits per heavy atom. The van der Waals surface area contributed by atoms with Crippen molar-refractivity contribution in [1.29, 1.82) is 0 Å². The van der Waals surface area contributed by atoms with Gasteiger partial charge in [-0.2, -0.15) is 0 Å². The number of aliphatic carboxylic acids is 1. The highest BCUT2D eigenvalue weighted by atomic mass is 35.5. The predicted molar refractivity (Wildman–Crippen MR) is 106 cm³/mol. The number of aromatic nitrogens is 1. The van der Waals surface area contributed by atoms with E-state index < -0.39 is 23.6 Å². The summed E-state index contributed by atoms with van der Waals surface area (Å²) < 4.78 is 5.28. The second-order valence-corrected chi connectivity index (χ2v) is 8.52. The molecular weight excluding hydrogens is 368 g/mol. The van der Waals surface area contributed by atoms with Crippen LogP contribution in [0.4, 0.5) is 4.79 Å². The van der Waals surface area contributed by atoms with Gasteiger partial charge in [0.15, 0.2) is 0 Å². The van der Waals surface area contributed by atoms with Crippen molar-refractivity contribution in [3.63, 3.8) is 0 Å². The number of carbonyl (C=O) groups excluding carboxylic acids is 1. The molecule has 0 bridgehead atoms. The number of carboxylic acids is 1. The predicted octanol–water partition coefficient (Wildman–Crippen LogP) is 5.06. The highest BCUT2D eigenvalue weighted by Crippen LogP contribution is 2.33. The summed E-state index contributed by atoms with van der Waals surface area (Å²) >= 11 is 6.13. The van der Waals surface area contributed by atoms with Crippen molar-refractivity contribution in [2.75, 3.05) is 0 Å². The average molecular weight is 395 g/mol. The summed E-state index contributed by atoms with van der Waals surface area (Å²) in [5.41, 5.74) is 1.47. The van der Waals surface area contributed by atoms with Gasteiger partial charge in [0.05, 0.1) is 5.92 Å². The van der Waals surface area contributed by atoms with Crippen LogP contribution in [0.2, 0.25) is 5.02 Å². The third-order valence-corrected chi connectivity index (χ3v) is 4.30. The van der Waals surface area contributed by atoms with Gasteiger partial charge in [-0.15, -0.1) is 0 Å². The summed E-state index contributed by atoms with van der Waals surface area (Å²) in [7, 11) is 0. The van der Waals surface area contributed by atoms with Crippen molar-refractivity contribution in [2.24, 2.45) is 5.92 Å². The molecule has 0 spiro atoms. The molecule has 6 nitrogen and oxygen atoms in total. The van der Waals surface area contributed by atoms with Gasteiger partial charge in [0.25, 0.3) is 0 Å². The van der Waals surface area contributed by atoms with Crippen molar-refractivity contribution in [3.8, 4) is 0 Å². The van der Waals surface area contributed by atoms with Gasteiger partial charge >= 0.3 is 12.1 Å². The molecule has 0 aliphatic rings. The molecular formula is C20H27ClN2O4. The van der Waals surface area contributed by atoms with Crippen LogP contribution in [0.3, 0.4) is 0 Å². The molecule has 27 heavy (non-hydrogen) atoms. The quantitative estimate of drug-likeness (QED) is 0.638. The van der Waals surface area contributed by atoms with Crippen LogP contribution in [0.1, 0.15) is 58.2 Å². The number of carbonyl (C=O) groups is 2. The summed E-state index contributed by atoms with van der Waals surface area (Å²) in [4.78, 5) is 27.2. The van der Waals surface area contributed by atoms with Crippen LogP contribution >= 0.6 is 11.6 Å². The zero-order valence-corrected chi connectivity index (χ0v) is 17.1. The Bertz CT molecular complexity index is 836. The number of nitrogens with one attached hydrogen (secondary N) is 2. The van der Waals surface area contributed by atoms with E-state index in [0.29, 0.717) is 22.7 Å². The van der Waals surface area contributed by atoms with E-state index in [1.54, 1.807) is 32.9 Å². The SMILES string of the molecule is CC(C)C[C@H](C(=O)O)c1[nH]c2ccc(Cl)cc2c1CNC(=O)OC(C)(C)C. The first-order valence-electron chi connectivity index (χ1n) is 8.97. The number of alkyl carbamates (subject to hydrolysis) is 1. The number of amides is 1. The Kier molecular flexibility index (Phi) is 6.42. The van der Waals surface area contributed by atoms with Gasteiger partial charge in [-0.25, -0.2) is 4.79 Å². The minimum Gasteiger partial charge on any atom is -0.481 e. The van der Waals surface area contributed by atoms with Gasteiger partial charge in [0, 0.05) is 33.7 Å². The Morgan fingerprint density at radius 1 is 1.30 bits per heavy atom. The van der Waals surface area contributed by atoms with Gasteiger partial charge in [-0.05, 0) is 51.3 Å². The maximum absolute atomic E-state index is 12.1. The Morgan fingerprint density at radius 2 is 1.96 bits per heavy atom. The number of hydrogen-bond donors (Lipinski definition) is 3. The number of benzene rings is 1.